The summed E-state index contributed by atoms with van der Waals surface area (Å²) in [5, 5.41) is 77.3. The third-order valence-corrected chi connectivity index (χ3v) is 15.7. The molecule has 1 aliphatic carbocycles. The number of methoxy groups -OCH3 is 1. The third kappa shape index (κ3) is 10.3. The van der Waals surface area contributed by atoms with Crippen LogP contribution in [0, 0.1) is 36.4 Å². The number of carboxylic acids is 1. The molecule has 1 saturated carbocycles. The number of aromatic hydroxyl groups is 3. The molecule has 3 aromatic carbocycles. The van der Waals surface area contributed by atoms with Gasteiger partial charge < -0.3 is 64.4 Å². The lowest BCUT2D eigenvalue weighted by atomic mass is 9.78. The number of ketones is 1. The summed E-state index contributed by atoms with van der Waals surface area (Å²) < 4.78 is 41.5. The normalized spacial score (nSPS) is 28.8. The number of halogens is 1. The molecule has 2 fully saturated rings. The van der Waals surface area contributed by atoms with Gasteiger partial charge >= 0.3 is 17.7 Å². The summed E-state index contributed by atoms with van der Waals surface area (Å²) in [4.78, 5) is 68.1. The molecule has 0 radical (unpaired) electrons. The number of amides is 1. The quantitative estimate of drug-likeness (QED) is 0.0315. The number of Topliss-reactive ketones (excluding diaryl/α,β-unsaturated/α-hetero) is 1. The Morgan fingerprint density at radius 3 is 2.31 bits per heavy atom. The van der Waals surface area contributed by atoms with Gasteiger partial charge in [-0.15, -0.1) is 0 Å². The Morgan fingerprint density at radius 1 is 0.961 bits per heavy atom. The van der Waals surface area contributed by atoms with E-state index in [0.29, 0.717) is 18.5 Å². The molecule has 10 atom stereocenters. The highest BCUT2D eigenvalue weighted by Gasteiger charge is 2.50. The number of phenols is 3. The standard InChI is InChI=1S/C56H66FN5O15/c1-25-12-11-13-26(2)54(71)59-44-35(22-58-60(9)33-16-18-61(23-33)39-21-38-34(20-37(39)57)48(67)36(55(72)73)24-62(38)32-14-15-32)49(68)41-42(50(44)69)47(66)30(6)52-43(41)53(70)56(8,77-52)75-19-17-40(74-10)27(3)51(76-31(7)63)29(5)46(65)28(4)45(25)64/h11-13,17,19-22,24-25,27-29,32-33,40,45-46,51,64-66,68-69H,14-16,18,23H2,1-10H3,(H,59,71)(H,72,73)/b12-11+,19-17+,26-13-,58-22+/t25-,27+,28+,29+,33?,40-,45-,46+,51+,56-/m0/s1. The van der Waals surface area contributed by atoms with Crippen molar-refractivity contribution in [2.45, 2.75) is 117 Å². The number of benzene rings is 3. The first kappa shape index (κ1) is 55.7. The third-order valence-electron chi connectivity index (χ3n) is 15.7. The first-order chi connectivity index (χ1) is 36.3. The number of rotatable bonds is 8. The number of fused-ring (bicyclic) bond motifs is 15. The van der Waals surface area contributed by atoms with Crippen molar-refractivity contribution < 1.29 is 73.2 Å². The number of hydrogen-bond donors (Lipinski definition) is 7. The Bertz CT molecular complexity index is 3260. The lowest BCUT2D eigenvalue weighted by Gasteiger charge is -2.38. The van der Waals surface area contributed by atoms with Gasteiger partial charge in [0.15, 0.2) is 5.75 Å². The number of allylic oxidation sites excluding steroid dienone is 2. The van der Waals surface area contributed by atoms with Crippen molar-refractivity contribution in [1.29, 1.82) is 0 Å². The zero-order valence-corrected chi connectivity index (χ0v) is 44.5. The smallest absolute Gasteiger partial charge is 0.341 e. The van der Waals surface area contributed by atoms with Gasteiger partial charge in [-0.3, -0.25) is 24.2 Å². The fourth-order valence-electron chi connectivity index (χ4n) is 10.8. The summed E-state index contributed by atoms with van der Waals surface area (Å²) in [5.41, 5.74) is -1.50. The topological polar surface area (TPSA) is 279 Å². The van der Waals surface area contributed by atoms with Crippen molar-refractivity contribution in [1.82, 2.24) is 9.58 Å². The minimum Gasteiger partial charge on any atom is -0.507 e. The van der Waals surface area contributed by atoms with E-state index in [4.69, 9.17) is 18.9 Å². The first-order valence-corrected chi connectivity index (χ1v) is 25.5. The number of carbonyl (C=O) groups excluding carboxylic acids is 3. The Balaban J connectivity index is 1.19. The number of aliphatic hydroxyl groups excluding tert-OH is 2. The number of anilines is 2. The molecule has 9 rings (SSSR count). The van der Waals surface area contributed by atoms with Crippen LogP contribution < -0.4 is 20.4 Å². The van der Waals surface area contributed by atoms with Crippen LogP contribution in [0.1, 0.15) is 106 Å². The van der Waals surface area contributed by atoms with Crippen molar-refractivity contribution in [3.05, 3.63) is 92.8 Å². The number of nitrogens with one attached hydrogen (secondary N) is 1. The zero-order valence-electron chi connectivity index (χ0n) is 44.5. The SMILES string of the molecule is CO[C@H]1/C=C/O[C@@]2(C)Oc3c(C)c(O)c4c(O)c(c(/C=N/N(C)C5CCN(c6cc7c(cc6F)c(=O)c(C(=O)O)cn7C6CC6)C5)c(O)c4c3C2=O)NC(=O)/C(C)=C\C=C\[C@H](C)[C@H](O)[C@@H](C)[C@@H](O)[C@@H](C)[C@H](OC(C)=O)[C@@H]1C. The monoisotopic (exact) mass is 1070 g/mol. The summed E-state index contributed by atoms with van der Waals surface area (Å²) >= 11 is 0. The molecule has 20 nitrogen and oxygen atoms in total. The highest BCUT2D eigenvalue weighted by Crippen LogP contribution is 2.55. The predicted molar refractivity (Wildman–Crippen MR) is 283 cm³/mol. The van der Waals surface area contributed by atoms with Gasteiger partial charge in [0.25, 0.3) is 11.7 Å². The van der Waals surface area contributed by atoms with E-state index in [2.05, 4.69) is 10.4 Å². The predicted octanol–water partition coefficient (Wildman–Crippen LogP) is 6.79. The number of hydrazone groups is 1. The number of carbonyl (C=O) groups is 4. The molecule has 412 valence electrons. The average Bonchev–Trinajstić information content (AvgIpc) is 4.18. The van der Waals surface area contributed by atoms with E-state index in [-0.39, 0.29) is 57.1 Å². The summed E-state index contributed by atoms with van der Waals surface area (Å²) in [6.45, 7) is 12.8. The molecule has 4 aliphatic heterocycles. The van der Waals surface area contributed by atoms with E-state index >= 15 is 4.39 Å². The second-order valence-electron chi connectivity index (χ2n) is 21.0. The van der Waals surface area contributed by atoms with Crippen molar-refractivity contribution in [3.63, 3.8) is 0 Å². The van der Waals surface area contributed by atoms with Crippen LogP contribution in [0.25, 0.3) is 21.7 Å². The van der Waals surface area contributed by atoms with Gasteiger partial charge in [-0.05, 0) is 51.3 Å². The molecule has 5 heterocycles. The molecule has 5 bridgehead atoms. The number of carboxylic acid groups (broad SMARTS) is 1. The van der Waals surface area contributed by atoms with Crippen LogP contribution in [-0.4, -0.2) is 134 Å². The maximum absolute atomic E-state index is 16.0. The number of likely N-dealkylation sites (N-methyl/N-ethyl adjacent to an activating group) is 1. The van der Waals surface area contributed by atoms with E-state index < -0.39 is 129 Å². The molecule has 1 saturated heterocycles. The Morgan fingerprint density at radius 2 is 1.66 bits per heavy atom. The van der Waals surface area contributed by atoms with Gasteiger partial charge in [0.05, 0.1) is 70.2 Å². The van der Waals surface area contributed by atoms with Gasteiger partial charge in [0.2, 0.25) is 5.43 Å². The maximum Gasteiger partial charge on any atom is 0.341 e. The molecule has 1 aromatic heterocycles. The number of aromatic nitrogens is 1. The minimum atomic E-state index is -2.14. The van der Waals surface area contributed by atoms with E-state index in [1.165, 1.54) is 59.2 Å². The summed E-state index contributed by atoms with van der Waals surface area (Å²) in [5.74, 6) is -11.4. The van der Waals surface area contributed by atoms with Crippen LogP contribution in [0.2, 0.25) is 0 Å². The highest BCUT2D eigenvalue weighted by atomic mass is 19.1. The lowest BCUT2D eigenvalue weighted by Crippen LogP contribution is -2.46. The molecule has 4 aromatic rings. The van der Waals surface area contributed by atoms with Crippen LogP contribution in [0.15, 0.2) is 64.4 Å². The molecule has 0 spiro atoms. The van der Waals surface area contributed by atoms with Gasteiger partial charge in [0.1, 0.15) is 34.7 Å². The van der Waals surface area contributed by atoms with Gasteiger partial charge in [-0.1, -0.05) is 45.9 Å². The largest absolute Gasteiger partial charge is 0.507 e. The second kappa shape index (κ2) is 21.5. The van der Waals surface area contributed by atoms with Crippen molar-refractivity contribution in [2.24, 2.45) is 28.8 Å². The molecular formula is C56H66FN5O15. The number of phenolic OH excluding ortho intramolecular Hbond substituents is 3. The molecule has 7 N–H and O–H groups in total. The second-order valence-corrected chi connectivity index (χ2v) is 21.0. The summed E-state index contributed by atoms with van der Waals surface area (Å²) in [6.07, 6.45) is 7.60. The molecule has 1 amide bonds. The number of nitrogens with zero attached hydrogens (tertiary/aromatic N) is 4. The van der Waals surface area contributed by atoms with Crippen molar-refractivity contribution in [2.75, 3.05) is 37.5 Å². The fraction of sp³-hybridized carbons (Fsp3) is 0.464. The Labute approximate surface area is 443 Å². The first-order valence-electron chi connectivity index (χ1n) is 25.5. The number of aliphatic hydroxyl groups is 2. The molecule has 77 heavy (non-hydrogen) atoms. The molecular weight excluding hydrogens is 1000 g/mol. The number of hydrogen-bond acceptors (Lipinski definition) is 17. The van der Waals surface area contributed by atoms with Crippen LogP contribution >= 0.6 is 0 Å². The van der Waals surface area contributed by atoms with Crippen LogP contribution in [0.4, 0.5) is 15.8 Å². The van der Waals surface area contributed by atoms with E-state index in [1.807, 2.05) is 0 Å². The number of ether oxygens (including phenoxy) is 4. The lowest BCUT2D eigenvalue weighted by molar-refractivity contribution is -0.160. The van der Waals surface area contributed by atoms with Crippen molar-refractivity contribution >= 4 is 62.9 Å². The van der Waals surface area contributed by atoms with Gasteiger partial charge in [0, 0.05) is 98.9 Å². The molecule has 1 unspecified atom stereocenters. The van der Waals surface area contributed by atoms with E-state index in [9.17, 15) is 54.6 Å². The van der Waals surface area contributed by atoms with Crippen LogP contribution in [0.5, 0.6) is 23.0 Å². The molecule has 21 heteroatoms. The molecule has 5 aliphatic rings. The van der Waals surface area contributed by atoms with Crippen LogP contribution in [0.3, 0.4) is 0 Å². The van der Waals surface area contributed by atoms with Gasteiger partial charge in [-0.2, -0.15) is 5.10 Å². The van der Waals surface area contributed by atoms with Crippen molar-refractivity contribution in [3.8, 4) is 23.0 Å². The minimum absolute atomic E-state index is 0.0165. The highest BCUT2D eigenvalue weighted by molar-refractivity contribution is 6.24. The summed E-state index contributed by atoms with van der Waals surface area (Å²) in [6, 6.07) is 2.19. The fourth-order valence-corrected chi connectivity index (χ4v) is 10.8. The average molecular weight is 1070 g/mol. The van der Waals surface area contributed by atoms with E-state index in [1.54, 1.807) is 61.4 Å². The number of pyridine rings is 1. The van der Waals surface area contributed by atoms with Crippen LogP contribution in [-0.2, 0) is 23.8 Å². The van der Waals surface area contributed by atoms with E-state index in [0.717, 1.165) is 31.4 Å². The Kier molecular flexibility index (Phi) is 15.6. The number of aromatic carboxylic acids is 1. The summed E-state index contributed by atoms with van der Waals surface area (Å²) in [7, 11) is 3.04. The number of esters is 1. The van der Waals surface area contributed by atoms with Gasteiger partial charge in [-0.25, -0.2) is 9.18 Å². The maximum atomic E-state index is 16.0. The zero-order chi connectivity index (χ0) is 56.3. The Hall–Kier alpha value is -7.49.